The summed E-state index contributed by atoms with van der Waals surface area (Å²) in [5.74, 6) is 0.269. The number of aryl methyl sites for hydroxylation is 1. The van der Waals surface area contributed by atoms with Crippen molar-refractivity contribution in [2.45, 2.75) is 19.9 Å². The molecule has 5 nitrogen and oxygen atoms in total. The van der Waals surface area contributed by atoms with Crippen LogP contribution in [0.5, 0.6) is 0 Å². The lowest BCUT2D eigenvalue weighted by atomic mass is 10.2. The fraction of sp³-hybridized carbons (Fsp3) is 0.600. The first-order valence-corrected chi connectivity index (χ1v) is 5.13. The van der Waals surface area contributed by atoms with Gasteiger partial charge in [-0.05, 0) is 13.8 Å². The first kappa shape index (κ1) is 10.2. The number of amides is 1. The van der Waals surface area contributed by atoms with Gasteiger partial charge in [0.2, 0.25) is 5.76 Å². The van der Waals surface area contributed by atoms with Crippen LogP contribution in [-0.2, 0) is 0 Å². The molecule has 0 spiro atoms. The Balaban J connectivity index is 2.07. The molecule has 0 unspecified atom stereocenters. The molecule has 0 radical (unpaired) electrons. The minimum absolute atomic E-state index is 0.0658. The minimum atomic E-state index is -0.0658. The van der Waals surface area contributed by atoms with Crippen molar-refractivity contribution in [3.05, 3.63) is 17.5 Å². The monoisotopic (exact) mass is 209 g/mol. The number of piperazine rings is 1. The van der Waals surface area contributed by atoms with E-state index in [0.29, 0.717) is 11.8 Å². The molecule has 1 atom stereocenters. The zero-order valence-corrected chi connectivity index (χ0v) is 8.99. The van der Waals surface area contributed by atoms with Gasteiger partial charge in [0.25, 0.3) is 5.91 Å². The van der Waals surface area contributed by atoms with E-state index in [0.717, 1.165) is 25.3 Å². The second-order valence-electron chi connectivity index (χ2n) is 3.94. The van der Waals surface area contributed by atoms with E-state index < -0.39 is 0 Å². The van der Waals surface area contributed by atoms with E-state index >= 15 is 0 Å². The summed E-state index contributed by atoms with van der Waals surface area (Å²) in [4.78, 5) is 13.7. The fourth-order valence-corrected chi connectivity index (χ4v) is 1.74. The molecule has 1 aromatic heterocycles. The van der Waals surface area contributed by atoms with Gasteiger partial charge in [-0.3, -0.25) is 4.79 Å². The average molecular weight is 209 g/mol. The summed E-state index contributed by atoms with van der Waals surface area (Å²) in [6, 6.07) is 2.02. The van der Waals surface area contributed by atoms with E-state index in [1.807, 2.05) is 0 Å². The topological polar surface area (TPSA) is 58.4 Å². The normalized spacial score (nSPS) is 21.7. The zero-order chi connectivity index (χ0) is 10.8. The fourth-order valence-electron chi connectivity index (χ4n) is 1.74. The highest BCUT2D eigenvalue weighted by Gasteiger charge is 2.24. The van der Waals surface area contributed by atoms with E-state index in [9.17, 15) is 4.79 Å². The van der Waals surface area contributed by atoms with Crippen LogP contribution in [0.3, 0.4) is 0 Å². The van der Waals surface area contributed by atoms with Gasteiger partial charge in [0.05, 0.1) is 5.69 Å². The molecule has 2 heterocycles. The molecule has 1 saturated heterocycles. The molecular weight excluding hydrogens is 194 g/mol. The van der Waals surface area contributed by atoms with Gasteiger partial charge in [-0.25, -0.2) is 0 Å². The number of aromatic nitrogens is 1. The molecule has 1 fully saturated rings. The summed E-state index contributed by atoms with van der Waals surface area (Å²) < 4.78 is 4.95. The number of hydrogen-bond acceptors (Lipinski definition) is 4. The van der Waals surface area contributed by atoms with Gasteiger partial charge in [-0.1, -0.05) is 5.16 Å². The quantitative estimate of drug-likeness (QED) is 0.728. The Labute approximate surface area is 88.4 Å². The van der Waals surface area contributed by atoms with Gasteiger partial charge in [0, 0.05) is 31.7 Å². The Morgan fingerprint density at radius 1 is 1.73 bits per heavy atom. The van der Waals surface area contributed by atoms with Gasteiger partial charge in [0.15, 0.2) is 0 Å². The molecule has 2 rings (SSSR count). The first-order valence-electron chi connectivity index (χ1n) is 5.13. The van der Waals surface area contributed by atoms with Crippen molar-refractivity contribution in [1.82, 2.24) is 15.4 Å². The van der Waals surface area contributed by atoms with E-state index in [-0.39, 0.29) is 5.91 Å². The van der Waals surface area contributed by atoms with Crippen LogP contribution in [0.1, 0.15) is 23.2 Å². The van der Waals surface area contributed by atoms with Crippen molar-refractivity contribution >= 4 is 5.91 Å². The lowest BCUT2D eigenvalue weighted by Crippen LogP contribution is -2.51. The van der Waals surface area contributed by atoms with Crippen molar-refractivity contribution in [1.29, 1.82) is 0 Å². The van der Waals surface area contributed by atoms with E-state index in [1.165, 1.54) is 0 Å². The molecule has 1 amide bonds. The Hall–Kier alpha value is -1.36. The standard InChI is InChI=1S/C10H15N3O2/c1-7-5-9(15-12-7)10(14)13-4-3-11-8(2)6-13/h5,8,11H,3-4,6H2,1-2H3/t8-/m1/s1. The van der Waals surface area contributed by atoms with Crippen LogP contribution in [0.4, 0.5) is 0 Å². The number of nitrogens with zero attached hydrogens (tertiary/aromatic N) is 2. The Morgan fingerprint density at radius 2 is 2.53 bits per heavy atom. The molecule has 0 aromatic carbocycles. The summed E-state index contributed by atoms with van der Waals surface area (Å²) in [5.41, 5.74) is 0.738. The smallest absolute Gasteiger partial charge is 0.292 e. The third-order valence-corrected chi connectivity index (χ3v) is 2.49. The van der Waals surface area contributed by atoms with E-state index in [2.05, 4.69) is 17.4 Å². The second kappa shape index (κ2) is 4.02. The van der Waals surface area contributed by atoms with Crippen molar-refractivity contribution < 1.29 is 9.32 Å². The van der Waals surface area contributed by atoms with Crippen LogP contribution in [-0.4, -0.2) is 41.6 Å². The summed E-state index contributed by atoms with van der Waals surface area (Å²) >= 11 is 0. The van der Waals surface area contributed by atoms with Crippen LogP contribution in [0.2, 0.25) is 0 Å². The lowest BCUT2D eigenvalue weighted by Gasteiger charge is -2.31. The highest BCUT2D eigenvalue weighted by molar-refractivity contribution is 5.91. The maximum atomic E-state index is 11.9. The highest BCUT2D eigenvalue weighted by Crippen LogP contribution is 2.08. The Bertz CT molecular complexity index is 361. The molecule has 0 bridgehead atoms. The molecule has 1 aromatic rings. The van der Waals surface area contributed by atoms with Gasteiger partial charge >= 0.3 is 0 Å². The third-order valence-electron chi connectivity index (χ3n) is 2.49. The summed E-state index contributed by atoms with van der Waals surface area (Å²) in [7, 11) is 0. The van der Waals surface area contributed by atoms with Crippen LogP contribution in [0.15, 0.2) is 10.6 Å². The number of carbonyl (C=O) groups excluding carboxylic acids is 1. The summed E-state index contributed by atoms with van der Waals surface area (Å²) in [5, 5.41) is 7.00. The number of hydrogen-bond donors (Lipinski definition) is 1. The van der Waals surface area contributed by atoms with Gasteiger partial charge in [0.1, 0.15) is 0 Å². The maximum Gasteiger partial charge on any atom is 0.292 e. The minimum Gasteiger partial charge on any atom is -0.351 e. The molecular formula is C10H15N3O2. The summed E-state index contributed by atoms with van der Waals surface area (Å²) in [6.45, 7) is 6.15. The molecule has 0 saturated carbocycles. The van der Waals surface area contributed by atoms with Crippen molar-refractivity contribution in [2.24, 2.45) is 0 Å². The Kier molecular flexibility index (Phi) is 2.73. The van der Waals surface area contributed by atoms with Crippen molar-refractivity contribution in [3.8, 4) is 0 Å². The predicted octanol–water partition coefficient (Wildman–Crippen LogP) is 0.417. The SMILES string of the molecule is Cc1cc(C(=O)N2CCN[C@H](C)C2)on1. The number of nitrogens with one attached hydrogen (secondary N) is 1. The van der Waals surface area contributed by atoms with Crippen LogP contribution >= 0.6 is 0 Å². The summed E-state index contributed by atoms with van der Waals surface area (Å²) in [6.07, 6.45) is 0. The molecule has 1 aliphatic heterocycles. The second-order valence-corrected chi connectivity index (χ2v) is 3.94. The number of carbonyl (C=O) groups is 1. The molecule has 82 valence electrons. The van der Waals surface area contributed by atoms with Crippen LogP contribution in [0, 0.1) is 6.92 Å². The molecule has 0 aliphatic carbocycles. The molecule has 15 heavy (non-hydrogen) atoms. The largest absolute Gasteiger partial charge is 0.351 e. The lowest BCUT2D eigenvalue weighted by molar-refractivity contribution is 0.0667. The van der Waals surface area contributed by atoms with E-state index in [4.69, 9.17) is 4.52 Å². The average Bonchev–Trinajstić information content (AvgIpc) is 2.64. The molecule has 1 N–H and O–H groups in total. The van der Waals surface area contributed by atoms with Crippen LogP contribution in [0.25, 0.3) is 0 Å². The van der Waals surface area contributed by atoms with Gasteiger partial charge in [-0.15, -0.1) is 0 Å². The van der Waals surface area contributed by atoms with Crippen molar-refractivity contribution in [2.75, 3.05) is 19.6 Å². The first-order chi connectivity index (χ1) is 7.16. The number of rotatable bonds is 1. The Morgan fingerprint density at radius 3 is 3.13 bits per heavy atom. The van der Waals surface area contributed by atoms with Gasteiger partial charge < -0.3 is 14.7 Å². The maximum absolute atomic E-state index is 11.9. The third kappa shape index (κ3) is 2.18. The van der Waals surface area contributed by atoms with Gasteiger partial charge in [-0.2, -0.15) is 0 Å². The highest BCUT2D eigenvalue weighted by atomic mass is 16.5. The zero-order valence-electron chi connectivity index (χ0n) is 8.99. The predicted molar refractivity (Wildman–Crippen MR) is 54.6 cm³/mol. The van der Waals surface area contributed by atoms with E-state index in [1.54, 1.807) is 17.9 Å². The van der Waals surface area contributed by atoms with Crippen LogP contribution < -0.4 is 5.32 Å². The molecule has 1 aliphatic rings. The van der Waals surface area contributed by atoms with Crippen molar-refractivity contribution in [3.63, 3.8) is 0 Å². The molecule has 5 heteroatoms.